The van der Waals surface area contributed by atoms with E-state index in [1.807, 2.05) is 0 Å². The Morgan fingerprint density at radius 3 is 2.17 bits per heavy atom. The van der Waals surface area contributed by atoms with E-state index in [0.717, 1.165) is 12.0 Å². The van der Waals surface area contributed by atoms with Crippen molar-refractivity contribution in [1.29, 1.82) is 0 Å². The number of hydroxylamine groups is 1. The van der Waals surface area contributed by atoms with Gasteiger partial charge in [0.25, 0.3) is 0 Å². The lowest BCUT2D eigenvalue weighted by atomic mass is 9.95. The van der Waals surface area contributed by atoms with Crippen molar-refractivity contribution < 1.29 is 5.21 Å². The molecule has 2 atom stereocenters. The van der Waals surface area contributed by atoms with E-state index < -0.39 is 8.07 Å². The predicted octanol–water partition coefficient (Wildman–Crippen LogP) is 2.62. The fourth-order valence-electron chi connectivity index (χ4n) is 2.32. The average Bonchev–Trinajstić information content (AvgIpc) is 2.03. The van der Waals surface area contributed by atoms with Crippen LogP contribution in [0.1, 0.15) is 25.7 Å². The first-order valence-corrected chi connectivity index (χ1v) is 8.53. The van der Waals surface area contributed by atoms with Gasteiger partial charge in [-0.2, -0.15) is 0 Å². The summed E-state index contributed by atoms with van der Waals surface area (Å²) in [5.41, 5.74) is 3.26. The first-order chi connectivity index (χ1) is 5.55. The van der Waals surface area contributed by atoms with Crippen LogP contribution in [-0.2, 0) is 0 Å². The molecule has 1 saturated carbocycles. The van der Waals surface area contributed by atoms with E-state index in [0.29, 0.717) is 6.04 Å². The minimum atomic E-state index is -1.06. The summed E-state index contributed by atoms with van der Waals surface area (Å²) in [5.74, 6) is 0. The van der Waals surface area contributed by atoms with Crippen LogP contribution < -0.4 is 5.48 Å². The van der Waals surface area contributed by atoms with Gasteiger partial charge in [0.2, 0.25) is 0 Å². The number of hydrogen-bond acceptors (Lipinski definition) is 2. The summed E-state index contributed by atoms with van der Waals surface area (Å²) in [4.78, 5) is 0. The zero-order valence-electron chi connectivity index (χ0n) is 8.43. The summed E-state index contributed by atoms with van der Waals surface area (Å²) in [6, 6.07) is 0.380. The fourth-order valence-corrected chi connectivity index (χ4v) is 4.84. The third-order valence-corrected chi connectivity index (χ3v) is 5.96. The fraction of sp³-hybridized carbons (Fsp3) is 1.00. The summed E-state index contributed by atoms with van der Waals surface area (Å²) in [5, 5.41) is 9.00. The molecule has 0 radical (unpaired) electrons. The van der Waals surface area contributed by atoms with Crippen LogP contribution in [0.3, 0.4) is 0 Å². The third kappa shape index (κ3) is 2.31. The van der Waals surface area contributed by atoms with Gasteiger partial charge in [-0.05, 0) is 12.0 Å². The lowest BCUT2D eigenvalue weighted by Gasteiger charge is -2.38. The normalized spacial score (nSPS) is 32.0. The molecule has 0 aromatic carbocycles. The molecule has 72 valence electrons. The smallest absolute Gasteiger partial charge is 0.0491 e. The van der Waals surface area contributed by atoms with Gasteiger partial charge in [0, 0.05) is 14.1 Å². The Morgan fingerprint density at radius 2 is 1.75 bits per heavy atom. The molecule has 0 aliphatic heterocycles. The Labute approximate surface area is 76.3 Å². The zero-order valence-corrected chi connectivity index (χ0v) is 9.43. The molecule has 2 N–H and O–H groups in total. The lowest BCUT2D eigenvalue weighted by molar-refractivity contribution is 0.106. The molecule has 0 aromatic heterocycles. The Hall–Kier alpha value is 0.137. The standard InChI is InChI=1S/C9H21NOSi/c1-12(2,3)9-7-5-4-6-8(9)10-11/h8-11H,4-7H2,1-3H3. The van der Waals surface area contributed by atoms with Crippen molar-refractivity contribution in [2.45, 2.75) is 56.9 Å². The minimum Gasteiger partial charge on any atom is -0.317 e. The average molecular weight is 187 g/mol. The monoisotopic (exact) mass is 187 g/mol. The maximum atomic E-state index is 9.00. The third-order valence-electron chi connectivity index (χ3n) is 3.04. The van der Waals surface area contributed by atoms with Gasteiger partial charge < -0.3 is 5.21 Å². The Balaban J connectivity index is 2.59. The van der Waals surface area contributed by atoms with Gasteiger partial charge in [-0.15, -0.1) is 0 Å². The zero-order chi connectivity index (χ0) is 9.19. The van der Waals surface area contributed by atoms with Gasteiger partial charge in [0.15, 0.2) is 0 Å². The van der Waals surface area contributed by atoms with Gasteiger partial charge in [0.1, 0.15) is 0 Å². The van der Waals surface area contributed by atoms with Gasteiger partial charge in [0.05, 0.1) is 0 Å². The van der Waals surface area contributed by atoms with Crippen molar-refractivity contribution in [3.63, 3.8) is 0 Å². The highest BCUT2D eigenvalue weighted by Gasteiger charge is 2.34. The topological polar surface area (TPSA) is 32.3 Å². The summed E-state index contributed by atoms with van der Waals surface area (Å²) >= 11 is 0. The number of hydrogen-bond donors (Lipinski definition) is 2. The second-order valence-corrected chi connectivity index (χ2v) is 10.5. The maximum Gasteiger partial charge on any atom is 0.0491 e. The molecule has 0 saturated heterocycles. The van der Waals surface area contributed by atoms with Gasteiger partial charge in [-0.1, -0.05) is 38.9 Å². The van der Waals surface area contributed by atoms with Gasteiger partial charge in [-0.3, -0.25) is 0 Å². The van der Waals surface area contributed by atoms with Gasteiger partial charge >= 0.3 is 0 Å². The molecular weight excluding hydrogens is 166 g/mol. The Morgan fingerprint density at radius 1 is 1.17 bits per heavy atom. The SMILES string of the molecule is C[Si](C)(C)C1CCCCC1NO. The maximum absolute atomic E-state index is 9.00. The highest BCUT2D eigenvalue weighted by Crippen LogP contribution is 2.36. The molecule has 0 bridgehead atoms. The van der Waals surface area contributed by atoms with E-state index in [1.165, 1.54) is 19.3 Å². The molecule has 1 fully saturated rings. The second kappa shape index (κ2) is 3.90. The molecule has 3 heteroatoms. The van der Waals surface area contributed by atoms with Crippen molar-refractivity contribution in [2.75, 3.05) is 0 Å². The molecule has 0 heterocycles. The molecule has 12 heavy (non-hydrogen) atoms. The van der Waals surface area contributed by atoms with Crippen molar-refractivity contribution in [2.24, 2.45) is 0 Å². The van der Waals surface area contributed by atoms with E-state index in [9.17, 15) is 0 Å². The van der Waals surface area contributed by atoms with Crippen LogP contribution in [0.2, 0.25) is 25.2 Å². The molecule has 0 spiro atoms. The highest BCUT2D eigenvalue weighted by molar-refractivity contribution is 6.77. The number of rotatable bonds is 2. The molecule has 2 nitrogen and oxygen atoms in total. The molecule has 1 aliphatic rings. The molecule has 1 rings (SSSR count). The lowest BCUT2D eigenvalue weighted by Crippen LogP contribution is -2.44. The van der Waals surface area contributed by atoms with Crippen molar-refractivity contribution in [3.05, 3.63) is 0 Å². The van der Waals surface area contributed by atoms with Crippen molar-refractivity contribution >= 4 is 8.07 Å². The summed E-state index contributed by atoms with van der Waals surface area (Å²) in [7, 11) is -1.06. The minimum absolute atomic E-state index is 0.380. The number of nitrogens with one attached hydrogen (secondary N) is 1. The van der Waals surface area contributed by atoms with E-state index >= 15 is 0 Å². The van der Waals surface area contributed by atoms with E-state index in [-0.39, 0.29) is 0 Å². The molecule has 2 unspecified atom stereocenters. The van der Waals surface area contributed by atoms with Crippen LogP contribution >= 0.6 is 0 Å². The van der Waals surface area contributed by atoms with E-state index in [4.69, 9.17) is 5.21 Å². The molecule has 0 amide bonds. The molecule has 0 aromatic rings. The summed E-state index contributed by atoms with van der Waals surface area (Å²) in [6.07, 6.45) is 5.10. The first-order valence-electron chi connectivity index (χ1n) is 4.95. The van der Waals surface area contributed by atoms with Crippen LogP contribution in [0.5, 0.6) is 0 Å². The highest BCUT2D eigenvalue weighted by atomic mass is 28.3. The molecule has 1 aliphatic carbocycles. The Kier molecular flexibility index (Phi) is 3.32. The second-order valence-electron chi connectivity index (χ2n) is 4.99. The largest absolute Gasteiger partial charge is 0.317 e. The van der Waals surface area contributed by atoms with Crippen LogP contribution in [0, 0.1) is 0 Å². The predicted molar refractivity (Wildman–Crippen MR) is 54.3 cm³/mol. The van der Waals surface area contributed by atoms with E-state index in [1.54, 1.807) is 0 Å². The molecular formula is C9H21NOSi. The van der Waals surface area contributed by atoms with Crippen molar-refractivity contribution in [3.8, 4) is 0 Å². The van der Waals surface area contributed by atoms with Gasteiger partial charge in [-0.25, -0.2) is 5.48 Å². The first kappa shape index (κ1) is 10.2. The van der Waals surface area contributed by atoms with Crippen LogP contribution in [-0.4, -0.2) is 19.3 Å². The Bertz CT molecular complexity index is 144. The van der Waals surface area contributed by atoms with Crippen molar-refractivity contribution in [1.82, 2.24) is 5.48 Å². The van der Waals surface area contributed by atoms with E-state index in [2.05, 4.69) is 25.1 Å². The van der Waals surface area contributed by atoms with Crippen LogP contribution in [0.4, 0.5) is 0 Å². The van der Waals surface area contributed by atoms with Crippen LogP contribution in [0.15, 0.2) is 0 Å². The summed E-state index contributed by atoms with van der Waals surface area (Å²) in [6.45, 7) is 7.19. The summed E-state index contributed by atoms with van der Waals surface area (Å²) < 4.78 is 0. The quantitative estimate of drug-likeness (QED) is 0.514. The van der Waals surface area contributed by atoms with Crippen LogP contribution in [0.25, 0.3) is 0 Å².